The van der Waals surface area contributed by atoms with Gasteiger partial charge in [-0.2, -0.15) is 0 Å². The molecule has 0 aromatic heterocycles. The van der Waals surface area contributed by atoms with Crippen molar-refractivity contribution < 1.29 is 19.1 Å². The van der Waals surface area contributed by atoms with Crippen molar-refractivity contribution in [1.29, 1.82) is 0 Å². The minimum atomic E-state index is -0.899. The summed E-state index contributed by atoms with van der Waals surface area (Å²) in [6.45, 7) is 3.00. The van der Waals surface area contributed by atoms with Gasteiger partial charge in [-0.15, -0.1) is 0 Å². The number of nitrogens with zero attached hydrogens (tertiary/aromatic N) is 2. The predicted molar refractivity (Wildman–Crippen MR) is 119 cm³/mol. The SMILES string of the molecule is CCCCOC(=O)CC1C(=O)NCCN1C(=O)N1c2ccccc2Sc2ccccc21. The molecule has 0 aliphatic carbocycles. The largest absolute Gasteiger partial charge is 0.466 e. The lowest BCUT2D eigenvalue weighted by molar-refractivity contribution is -0.147. The molecule has 1 unspecified atom stereocenters. The average molecular weight is 440 g/mol. The van der Waals surface area contributed by atoms with Crippen LogP contribution in [-0.4, -0.2) is 48.5 Å². The van der Waals surface area contributed by atoms with Crippen LogP contribution in [0.15, 0.2) is 58.3 Å². The number of carbonyl (C=O) groups is 3. The Balaban J connectivity index is 1.63. The van der Waals surface area contributed by atoms with Crippen LogP contribution < -0.4 is 10.2 Å². The zero-order valence-electron chi connectivity index (χ0n) is 17.4. The third-order valence-corrected chi connectivity index (χ3v) is 6.45. The Morgan fingerprint density at radius 2 is 1.74 bits per heavy atom. The zero-order chi connectivity index (χ0) is 21.8. The molecule has 7 nitrogen and oxygen atoms in total. The van der Waals surface area contributed by atoms with E-state index in [0.717, 1.165) is 34.0 Å². The van der Waals surface area contributed by atoms with Crippen LogP contribution in [0.3, 0.4) is 0 Å². The van der Waals surface area contributed by atoms with Crippen molar-refractivity contribution in [2.24, 2.45) is 0 Å². The van der Waals surface area contributed by atoms with Crippen LogP contribution in [0.4, 0.5) is 16.2 Å². The number of esters is 1. The highest BCUT2D eigenvalue weighted by Crippen LogP contribution is 2.48. The molecule has 1 N–H and O–H groups in total. The molecule has 2 aromatic rings. The second kappa shape index (κ2) is 9.43. The van der Waals surface area contributed by atoms with E-state index in [4.69, 9.17) is 4.74 Å². The first-order valence-corrected chi connectivity index (χ1v) is 11.3. The molecule has 0 radical (unpaired) electrons. The third-order valence-electron chi connectivity index (χ3n) is 5.32. The number of urea groups is 1. The van der Waals surface area contributed by atoms with Crippen molar-refractivity contribution in [3.8, 4) is 0 Å². The monoisotopic (exact) mass is 439 g/mol. The standard InChI is InChI=1S/C23H25N3O4S/c1-2-3-14-30-21(27)15-18-22(28)24-12-13-25(18)23(29)26-16-8-4-6-10-19(16)31-20-11-7-5-9-17(20)26/h4-11,18H,2-3,12-15H2,1H3,(H,24,28). The van der Waals surface area contributed by atoms with Gasteiger partial charge in [-0.25, -0.2) is 4.79 Å². The zero-order valence-corrected chi connectivity index (χ0v) is 18.2. The quantitative estimate of drug-likeness (QED) is 0.564. The Labute approximate surface area is 185 Å². The van der Waals surface area contributed by atoms with Gasteiger partial charge in [-0.05, 0) is 30.7 Å². The lowest BCUT2D eigenvalue weighted by Gasteiger charge is -2.40. The van der Waals surface area contributed by atoms with Crippen molar-refractivity contribution >= 4 is 41.0 Å². The molecule has 0 bridgehead atoms. The topological polar surface area (TPSA) is 79.0 Å². The molecular weight excluding hydrogens is 414 g/mol. The van der Waals surface area contributed by atoms with Gasteiger partial charge in [0.25, 0.3) is 0 Å². The molecule has 0 saturated carbocycles. The van der Waals surface area contributed by atoms with Gasteiger partial charge in [0.15, 0.2) is 0 Å². The fourth-order valence-electron chi connectivity index (χ4n) is 3.73. The van der Waals surface area contributed by atoms with Crippen LogP contribution in [0.1, 0.15) is 26.2 Å². The van der Waals surface area contributed by atoms with E-state index in [9.17, 15) is 14.4 Å². The number of anilines is 2. The summed E-state index contributed by atoms with van der Waals surface area (Å²) < 4.78 is 5.25. The molecule has 8 heteroatoms. The summed E-state index contributed by atoms with van der Waals surface area (Å²) in [6, 6.07) is 14.2. The Hall–Kier alpha value is -3.00. The Morgan fingerprint density at radius 3 is 2.39 bits per heavy atom. The normalized spacial score (nSPS) is 17.5. The number of amides is 3. The van der Waals surface area contributed by atoms with E-state index in [1.807, 2.05) is 55.5 Å². The summed E-state index contributed by atoms with van der Waals surface area (Å²) in [5.74, 6) is -0.803. The molecule has 0 spiro atoms. The van der Waals surface area contributed by atoms with Crippen LogP contribution in [0, 0.1) is 0 Å². The Kier molecular flexibility index (Phi) is 6.46. The summed E-state index contributed by atoms with van der Waals surface area (Å²) >= 11 is 1.61. The number of unbranched alkanes of at least 4 members (excludes halogenated alkanes) is 1. The fraction of sp³-hybridized carbons (Fsp3) is 0.348. The van der Waals surface area contributed by atoms with Gasteiger partial charge in [0.05, 0.1) is 24.4 Å². The summed E-state index contributed by atoms with van der Waals surface area (Å²) in [5, 5.41) is 2.77. The molecule has 1 fully saturated rings. The van der Waals surface area contributed by atoms with E-state index in [0.29, 0.717) is 19.7 Å². The van der Waals surface area contributed by atoms with Crippen molar-refractivity contribution in [3.05, 3.63) is 48.5 Å². The molecule has 1 atom stereocenters. The molecular formula is C23H25N3O4S. The molecule has 2 aliphatic heterocycles. The molecule has 4 rings (SSSR count). The van der Waals surface area contributed by atoms with Gasteiger partial charge in [0.2, 0.25) is 5.91 Å². The first-order valence-electron chi connectivity index (χ1n) is 10.5. The van der Waals surface area contributed by atoms with Crippen LogP contribution in [0.5, 0.6) is 0 Å². The van der Waals surface area contributed by atoms with Gasteiger partial charge in [0, 0.05) is 22.9 Å². The van der Waals surface area contributed by atoms with Crippen molar-refractivity contribution in [3.63, 3.8) is 0 Å². The van der Waals surface area contributed by atoms with Gasteiger partial charge in [-0.3, -0.25) is 14.5 Å². The van der Waals surface area contributed by atoms with Crippen LogP contribution in [0.25, 0.3) is 0 Å². The highest BCUT2D eigenvalue weighted by atomic mass is 32.2. The number of ether oxygens (including phenoxy) is 1. The van der Waals surface area contributed by atoms with Gasteiger partial charge in [0.1, 0.15) is 6.04 Å². The van der Waals surface area contributed by atoms with E-state index in [-0.39, 0.29) is 18.4 Å². The highest BCUT2D eigenvalue weighted by Gasteiger charge is 2.39. The second-order valence-electron chi connectivity index (χ2n) is 7.43. The van der Waals surface area contributed by atoms with Crippen molar-refractivity contribution in [2.75, 3.05) is 24.6 Å². The molecule has 1 saturated heterocycles. The first-order chi connectivity index (χ1) is 15.1. The lowest BCUT2D eigenvalue weighted by atomic mass is 10.1. The summed E-state index contributed by atoms with van der Waals surface area (Å²) in [4.78, 5) is 43.8. The number of carbonyl (C=O) groups excluding carboxylic acids is 3. The van der Waals surface area contributed by atoms with Crippen LogP contribution in [0.2, 0.25) is 0 Å². The Morgan fingerprint density at radius 1 is 1.10 bits per heavy atom. The summed E-state index contributed by atoms with van der Waals surface area (Å²) in [7, 11) is 0. The third kappa shape index (κ3) is 4.39. The minimum absolute atomic E-state index is 0.160. The number of hydrogen-bond donors (Lipinski definition) is 1. The summed E-state index contributed by atoms with van der Waals surface area (Å²) in [5.41, 5.74) is 1.54. The van der Waals surface area contributed by atoms with E-state index >= 15 is 0 Å². The molecule has 2 heterocycles. The maximum Gasteiger partial charge on any atom is 0.329 e. The maximum atomic E-state index is 13.8. The van der Waals surface area contributed by atoms with E-state index < -0.39 is 12.0 Å². The fourth-order valence-corrected chi connectivity index (χ4v) is 4.79. The van der Waals surface area contributed by atoms with E-state index in [1.54, 1.807) is 16.7 Å². The molecule has 31 heavy (non-hydrogen) atoms. The molecule has 162 valence electrons. The number of piperazine rings is 1. The highest BCUT2D eigenvalue weighted by molar-refractivity contribution is 7.99. The predicted octanol–water partition coefficient (Wildman–Crippen LogP) is 3.94. The average Bonchev–Trinajstić information content (AvgIpc) is 2.78. The number of hydrogen-bond acceptors (Lipinski definition) is 5. The smallest absolute Gasteiger partial charge is 0.329 e. The Bertz CT molecular complexity index is 951. The van der Waals surface area contributed by atoms with E-state index in [2.05, 4.69) is 5.32 Å². The van der Waals surface area contributed by atoms with Crippen LogP contribution in [-0.2, 0) is 14.3 Å². The molecule has 3 amide bonds. The van der Waals surface area contributed by atoms with Gasteiger partial charge < -0.3 is 15.0 Å². The number of benzene rings is 2. The minimum Gasteiger partial charge on any atom is -0.466 e. The first kappa shape index (κ1) is 21.2. The second-order valence-corrected chi connectivity index (χ2v) is 8.52. The van der Waals surface area contributed by atoms with Gasteiger partial charge >= 0.3 is 12.0 Å². The van der Waals surface area contributed by atoms with Gasteiger partial charge in [-0.1, -0.05) is 49.4 Å². The number of fused-ring (bicyclic) bond motifs is 2. The number of para-hydroxylation sites is 2. The van der Waals surface area contributed by atoms with E-state index in [1.165, 1.54) is 4.90 Å². The summed E-state index contributed by atoms with van der Waals surface area (Å²) in [6.07, 6.45) is 1.52. The lowest BCUT2D eigenvalue weighted by Crippen LogP contribution is -2.60. The van der Waals surface area contributed by atoms with Crippen molar-refractivity contribution in [2.45, 2.75) is 42.0 Å². The number of rotatable bonds is 5. The maximum absolute atomic E-state index is 13.8. The number of nitrogens with one attached hydrogen (secondary N) is 1. The van der Waals surface area contributed by atoms with Crippen LogP contribution >= 0.6 is 11.8 Å². The molecule has 2 aromatic carbocycles. The molecule has 2 aliphatic rings. The van der Waals surface area contributed by atoms with Crippen molar-refractivity contribution in [1.82, 2.24) is 10.2 Å².